The minimum absolute atomic E-state index is 0.0542. The van der Waals surface area contributed by atoms with E-state index in [4.69, 9.17) is 14.2 Å². The molecule has 68 heavy (non-hydrogen) atoms. The zero-order valence-electron chi connectivity index (χ0n) is 42.7. The number of rotatable bonds is 15. The Morgan fingerprint density at radius 3 is 2.13 bits per heavy atom. The molecule has 4 N–H and O–H groups in total. The van der Waals surface area contributed by atoms with Gasteiger partial charge in [0.25, 0.3) is 5.91 Å². The molecule has 0 saturated carbocycles. The summed E-state index contributed by atoms with van der Waals surface area (Å²) in [5, 5.41) is 20.1. The summed E-state index contributed by atoms with van der Waals surface area (Å²) in [5.74, 6) is -6.08. The summed E-state index contributed by atoms with van der Waals surface area (Å²) in [6.07, 6.45) is -2.71. The van der Waals surface area contributed by atoms with Crippen molar-refractivity contribution in [1.82, 2.24) is 30.7 Å². The Morgan fingerprint density at radius 1 is 0.926 bits per heavy atom. The lowest BCUT2D eigenvalue weighted by atomic mass is 9.92. The predicted octanol–water partition coefficient (Wildman–Crippen LogP) is 3.54. The molecule has 0 aliphatic carbocycles. The van der Waals surface area contributed by atoms with Crippen LogP contribution in [-0.4, -0.2) is 150 Å². The van der Waals surface area contributed by atoms with Crippen LogP contribution in [0.25, 0.3) is 0 Å². The van der Waals surface area contributed by atoms with Crippen molar-refractivity contribution < 1.29 is 57.7 Å². The molecule has 0 radical (unpaired) electrons. The first kappa shape index (κ1) is 57.1. The van der Waals surface area contributed by atoms with Gasteiger partial charge in [0.1, 0.15) is 42.1 Å². The molecular formula is C50H80N6O12. The van der Waals surface area contributed by atoms with Crippen LogP contribution in [0.4, 0.5) is 0 Å². The lowest BCUT2D eigenvalue weighted by Crippen LogP contribution is -2.61. The zero-order chi connectivity index (χ0) is 51.2. The van der Waals surface area contributed by atoms with Crippen molar-refractivity contribution in [3.8, 4) is 5.75 Å². The molecule has 0 aromatic heterocycles. The first-order valence-corrected chi connectivity index (χ1v) is 24.4. The van der Waals surface area contributed by atoms with Crippen LogP contribution < -0.4 is 20.7 Å². The molecule has 0 bridgehead atoms. The molecular weight excluding hydrogens is 877 g/mol. The third-order valence-electron chi connectivity index (χ3n) is 13.0. The molecule has 2 saturated heterocycles. The second-order valence-corrected chi connectivity index (χ2v) is 19.8. The Balaban J connectivity index is 2.26. The molecule has 0 unspecified atom stereocenters. The summed E-state index contributed by atoms with van der Waals surface area (Å²) in [7, 11) is 4.48. The maximum atomic E-state index is 14.7. The highest BCUT2D eigenvalue weighted by Crippen LogP contribution is 2.26. The monoisotopic (exact) mass is 957 g/mol. The van der Waals surface area contributed by atoms with Crippen LogP contribution in [0, 0.1) is 23.7 Å². The second-order valence-electron chi connectivity index (χ2n) is 19.8. The predicted molar refractivity (Wildman–Crippen MR) is 255 cm³/mol. The Bertz CT molecular complexity index is 1890. The fourth-order valence-corrected chi connectivity index (χ4v) is 8.72. The van der Waals surface area contributed by atoms with Crippen molar-refractivity contribution in [3.05, 3.63) is 29.8 Å². The number of benzene rings is 1. The Morgan fingerprint density at radius 2 is 1.57 bits per heavy atom. The molecule has 2 fully saturated rings. The molecule has 2 heterocycles. The van der Waals surface area contributed by atoms with Crippen LogP contribution in [-0.2, 0) is 54.3 Å². The number of aliphatic hydroxyl groups excluding tert-OH is 1. The van der Waals surface area contributed by atoms with Gasteiger partial charge in [0.05, 0.1) is 25.7 Å². The molecule has 2 aliphatic heterocycles. The number of hydrogen-bond acceptors (Lipinski definition) is 12. The van der Waals surface area contributed by atoms with Crippen molar-refractivity contribution >= 4 is 47.4 Å². The van der Waals surface area contributed by atoms with E-state index in [2.05, 4.69) is 16.0 Å². The van der Waals surface area contributed by atoms with Gasteiger partial charge >= 0.3 is 11.9 Å². The van der Waals surface area contributed by atoms with Crippen molar-refractivity contribution in [2.75, 3.05) is 27.7 Å². The van der Waals surface area contributed by atoms with Crippen molar-refractivity contribution in [3.63, 3.8) is 0 Å². The zero-order valence-corrected chi connectivity index (χ0v) is 42.7. The lowest BCUT2D eigenvalue weighted by Gasteiger charge is -2.36. The standard InChI is InChI=1S/C50H80N6O12/c1-14-17-40(58)54(11)37(25-29(5)6)45(60)53-43-32(10)67-50(65)38(26-33-19-21-34(66-13)22-20-33)55(12)49(64)36-18-16-23-56(36)48(63)35(24-28(3)4)51-47(62)44(30(7)8)68-41(59)27-39(57)42(31(9)15-2)52-46(43)61/h19-22,28-32,35-39,42-44,57H,14-18,23-27H2,1-13H3,(H,51,62)(H,52,61)(H,53,60)/t31-,32+,35-,36-,37+,38-,39-,42+,43-,44-/m0/s1. The molecule has 18 nitrogen and oxygen atoms in total. The normalized spacial score (nSPS) is 26.0. The van der Waals surface area contributed by atoms with Crippen molar-refractivity contribution in [1.29, 1.82) is 0 Å². The minimum Gasteiger partial charge on any atom is -0.497 e. The van der Waals surface area contributed by atoms with Crippen LogP contribution >= 0.6 is 0 Å². The number of methoxy groups -OCH3 is 1. The lowest BCUT2D eigenvalue weighted by molar-refractivity contribution is -0.162. The van der Waals surface area contributed by atoms with E-state index in [1.54, 1.807) is 45.0 Å². The first-order valence-electron chi connectivity index (χ1n) is 24.4. The highest BCUT2D eigenvalue weighted by Gasteiger charge is 2.44. The van der Waals surface area contributed by atoms with Gasteiger partial charge in [-0.1, -0.05) is 80.9 Å². The highest BCUT2D eigenvalue weighted by molar-refractivity contribution is 5.96. The van der Waals surface area contributed by atoms with Gasteiger partial charge in [0.15, 0.2) is 6.10 Å². The Labute approximate surface area is 403 Å². The largest absolute Gasteiger partial charge is 0.497 e. The van der Waals surface area contributed by atoms with Gasteiger partial charge < -0.3 is 50.0 Å². The number of carbonyl (C=O) groups is 8. The van der Waals surface area contributed by atoms with Gasteiger partial charge in [-0.3, -0.25) is 33.6 Å². The minimum atomic E-state index is -1.62. The van der Waals surface area contributed by atoms with E-state index < -0.39 is 114 Å². The van der Waals surface area contributed by atoms with Gasteiger partial charge in [-0.25, -0.2) is 4.79 Å². The highest BCUT2D eigenvalue weighted by atomic mass is 16.6. The number of aliphatic hydroxyl groups is 1. The maximum Gasteiger partial charge on any atom is 0.329 e. The SMILES string of the molecule is CCCC(=O)N(C)[C@H](CC(C)C)C(=O)N[C@@H]1C(=O)N[C@H]([C@@H](C)CC)[C@@H](O)CC(=O)O[C@@H](C(C)C)C(=O)N[C@@H](CC(C)C)C(=O)N2CCC[C@H]2C(=O)N(C)[C@@H](Cc2ccc(OC)cc2)C(=O)O[C@@H]1C. The average molecular weight is 957 g/mol. The average Bonchev–Trinajstić information content (AvgIpc) is 3.78. The summed E-state index contributed by atoms with van der Waals surface area (Å²) >= 11 is 0. The van der Waals surface area contributed by atoms with E-state index >= 15 is 0 Å². The molecule has 10 atom stereocenters. The molecule has 1 aromatic carbocycles. The quantitative estimate of drug-likeness (QED) is 0.185. The van der Waals surface area contributed by atoms with Crippen LogP contribution in [0.15, 0.2) is 24.3 Å². The number of ether oxygens (including phenoxy) is 3. The van der Waals surface area contributed by atoms with E-state index in [1.165, 1.54) is 42.8 Å². The summed E-state index contributed by atoms with van der Waals surface area (Å²) in [6.45, 7) is 17.9. The number of esters is 2. The number of amides is 6. The number of fused-ring (bicyclic) bond motifs is 1. The fraction of sp³-hybridized carbons (Fsp3) is 0.720. The van der Waals surface area contributed by atoms with E-state index in [-0.39, 0.29) is 56.4 Å². The molecule has 2 aliphatic rings. The summed E-state index contributed by atoms with van der Waals surface area (Å²) in [6, 6.07) is -0.294. The van der Waals surface area contributed by atoms with E-state index in [1.807, 2.05) is 41.5 Å². The Kier molecular flexibility index (Phi) is 22.2. The second kappa shape index (κ2) is 26.5. The number of nitrogens with zero attached hydrogens (tertiary/aromatic N) is 3. The maximum absolute atomic E-state index is 14.7. The summed E-state index contributed by atoms with van der Waals surface area (Å²) in [4.78, 5) is 118. The number of likely N-dealkylation sites (N-methyl/N-ethyl adjacent to an activating group) is 2. The van der Waals surface area contributed by atoms with Crippen LogP contribution in [0.5, 0.6) is 5.75 Å². The van der Waals surface area contributed by atoms with Crippen LogP contribution in [0.2, 0.25) is 0 Å². The first-order chi connectivity index (χ1) is 31.9. The van der Waals surface area contributed by atoms with E-state index in [0.717, 1.165) is 0 Å². The fourth-order valence-electron chi connectivity index (χ4n) is 8.72. The third-order valence-corrected chi connectivity index (χ3v) is 13.0. The van der Waals surface area contributed by atoms with Crippen molar-refractivity contribution in [2.45, 2.75) is 182 Å². The van der Waals surface area contributed by atoms with Gasteiger partial charge in [0.2, 0.25) is 29.5 Å². The van der Waals surface area contributed by atoms with E-state index in [9.17, 15) is 43.5 Å². The third kappa shape index (κ3) is 15.6. The van der Waals surface area contributed by atoms with Crippen LogP contribution in [0.1, 0.15) is 126 Å². The van der Waals surface area contributed by atoms with Gasteiger partial charge in [-0.15, -0.1) is 0 Å². The molecule has 0 spiro atoms. The molecule has 1 aromatic rings. The molecule has 6 amide bonds. The van der Waals surface area contributed by atoms with Gasteiger partial charge in [0, 0.05) is 33.5 Å². The Hall–Kier alpha value is -5.26. The van der Waals surface area contributed by atoms with E-state index in [0.29, 0.717) is 30.6 Å². The molecule has 3 rings (SSSR count). The summed E-state index contributed by atoms with van der Waals surface area (Å²) < 4.78 is 17.2. The topological polar surface area (TPSA) is 230 Å². The number of cyclic esters (lactones) is 2. The summed E-state index contributed by atoms with van der Waals surface area (Å²) in [5.41, 5.74) is 0.630. The molecule has 382 valence electrons. The number of nitrogens with one attached hydrogen (secondary N) is 3. The number of carbonyl (C=O) groups excluding carboxylic acids is 8. The number of hydrogen-bond donors (Lipinski definition) is 4. The van der Waals surface area contributed by atoms with Gasteiger partial charge in [-0.2, -0.15) is 0 Å². The van der Waals surface area contributed by atoms with Crippen LogP contribution in [0.3, 0.4) is 0 Å². The van der Waals surface area contributed by atoms with Crippen molar-refractivity contribution in [2.24, 2.45) is 23.7 Å². The molecule has 18 heteroatoms. The smallest absolute Gasteiger partial charge is 0.329 e. The van der Waals surface area contributed by atoms with Gasteiger partial charge in [-0.05, 0) is 80.4 Å².